The summed E-state index contributed by atoms with van der Waals surface area (Å²) in [6.07, 6.45) is 1.38. The Morgan fingerprint density at radius 3 is 2.40 bits per heavy atom. The van der Waals surface area contributed by atoms with Crippen molar-refractivity contribution in [3.8, 4) is 34.6 Å². The Bertz CT molecular complexity index is 1760. The van der Waals surface area contributed by atoms with Crippen LogP contribution in [0.3, 0.4) is 0 Å². The average molecular weight is 582 g/mol. The molecule has 4 heterocycles. The summed E-state index contributed by atoms with van der Waals surface area (Å²) in [5.41, 5.74) is 1.98. The third kappa shape index (κ3) is 5.60. The predicted molar refractivity (Wildman–Crippen MR) is 150 cm³/mol. The molecule has 0 saturated heterocycles. The molecule has 0 aliphatic rings. The lowest BCUT2D eigenvalue weighted by Gasteiger charge is -2.17. The third-order valence-corrected chi connectivity index (χ3v) is 7.10. The molecule has 4 aromatic heterocycles. The number of para-hydroxylation sites is 1. The highest BCUT2D eigenvalue weighted by Gasteiger charge is 2.24. The molecule has 0 aliphatic heterocycles. The van der Waals surface area contributed by atoms with Crippen LogP contribution in [0.2, 0.25) is 5.02 Å². The van der Waals surface area contributed by atoms with Crippen molar-refractivity contribution in [1.82, 2.24) is 29.7 Å². The van der Waals surface area contributed by atoms with Gasteiger partial charge in [-0.05, 0) is 37.3 Å². The zero-order valence-corrected chi connectivity index (χ0v) is 23.3. The van der Waals surface area contributed by atoms with Crippen LogP contribution < -0.4 is 18.9 Å². The fourth-order valence-corrected chi connectivity index (χ4v) is 5.20. The van der Waals surface area contributed by atoms with Gasteiger partial charge in [0.1, 0.15) is 28.6 Å². The highest BCUT2D eigenvalue weighted by atomic mass is 35.5. The van der Waals surface area contributed by atoms with Gasteiger partial charge in [-0.3, -0.25) is 14.3 Å². The molecular weight excluding hydrogens is 558 g/mol. The van der Waals surface area contributed by atoms with Crippen molar-refractivity contribution in [3.63, 3.8) is 0 Å². The molecule has 5 rings (SSSR count). The summed E-state index contributed by atoms with van der Waals surface area (Å²) >= 11 is 5.86. The van der Waals surface area contributed by atoms with Crippen molar-refractivity contribution in [3.05, 3.63) is 71.5 Å². The summed E-state index contributed by atoms with van der Waals surface area (Å²) in [6.45, 7) is 2.30. The van der Waals surface area contributed by atoms with E-state index in [1.54, 1.807) is 47.0 Å². The number of halogens is 1. The number of pyridine rings is 2. The fourth-order valence-electron chi connectivity index (χ4n) is 4.03. The van der Waals surface area contributed by atoms with Crippen molar-refractivity contribution in [2.45, 2.75) is 12.7 Å². The number of rotatable bonds is 10. The largest absolute Gasteiger partial charge is 0.494 e. The maximum absolute atomic E-state index is 12.9. The lowest BCUT2D eigenvalue weighted by molar-refractivity contribution is 0.327. The predicted octanol–water partition coefficient (Wildman–Crippen LogP) is 4.28. The summed E-state index contributed by atoms with van der Waals surface area (Å²) < 4.78 is 47.0. The van der Waals surface area contributed by atoms with Gasteiger partial charge in [0.15, 0.2) is 11.6 Å². The van der Waals surface area contributed by atoms with Gasteiger partial charge in [-0.25, -0.2) is 18.4 Å². The molecule has 1 aromatic carbocycles. The lowest BCUT2D eigenvalue weighted by atomic mass is 10.2. The first kappa shape index (κ1) is 27.1. The van der Waals surface area contributed by atoms with E-state index < -0.39 is 10.0 Å². The van der Waals surface area contributed by atoms with Gasteiger partial charge in [0.2, 0.25) is 21.6 Å². The number of sulfonamides is 1. The quantitative estimate of drug-likeness (QED) is 0.254. The monoisotopic (exact) mass is 581 g/mol. The van der Waals surface area contributed by atoms with Gasteiger partial charge in [-0.2, -0.15) is 0 Å². The smallest absolute Gasteiger partial charge is 0.239 e. The number of ether oxygens (including phenoxy) is 3. The summed E-state index contributed by atoms with van der Waals surface area (Å²) in [4.78, 5) is 13.3. The summed E-state index contributed by atoms with van der Waals surface area (Å²) in [5, 5.41) is 8.67. The number of nitrogens with one attached hydrogen (secondary N) is 1. The fraction of sp³-hybridized carbons (Fsp3) is 0.192. The molecule has 0 radical (unpaired) electrons. The maximum Gasteiger partial charge on any atom is 0.239 e. The summed E-state index contributed by atoms with van der Waals surface area (Å²) in [7, 11) is -0.822. The van der Waals surface area contributed by atoms with E-state index in [9.17, 15) is 8.42 Å². The Hall–Kier alpha value is -4.49. The van der Waals surface area contributed by atoms with Crippen molar-refractivity contribution >= 4 is 38.6 Å². The molecule has 1 N–H and O–H groups in total. The van der Waals surface area contributed by atoms with Crippen LogP contribution in [0.4, 0.5) is 5.82 Å². The molecule has 0 saturated carbocycles. The molecule has 5 aromatic rings. The molecule has 40 heavy (non-hydrogen) atoms. The van der Waals surface area contributed by atoms with E-state index in [0.29, 0.717) is 57.4 Å². The summed E-state index contributed by atoms with van der Waals surface area (Å²) in [5.74, 6) is 1.37. The second-order valence-electron chi connectivity index (χ2n) is 8.34. The van der Waals surface area contributed by atoms with E-state index in [1.807, 2.05) is 6.92 Å². The molecule has 0 spiro atoms. The standard InChI is InChI=1S/C26H24ClN7O5S/c1-4-39-23-10-5-7-18(29-23)26-30-25-19(34(26)24-20(37-2)8-6-9-21(24)38-3)13-22(31-32-25)33-40(35,36)15-17-12-11-16(27)14-28-17/h5-14H,4,15H2,1-3H3,(H,31,33). The highest BCUT2D eigenvalue weighted by molar-refractivity contribution is 7.91. The van der Waals surface area contributed by atoms with Crippen molar-refractivity contribution in [2.24, 2.45) is 0 Å². The normalized spacial score (nSPS) is 11.4. The van der Waals surface area contributed by atoms with Crippen LogP contribution in [0.1, 0.15) is 12.6 Å². The molecule has 0 bridgehead atoms. The van der Waals surface area contributed by atoms with Gasteiger partial charge in [-0.1, -0.05) is 23.7 Å². The first-order valence-corrected chi connectivity index (χ1v) is 14.0. The minimum atomic E-state index is -3.90. The minimum absolute atomic E-state index is 0.0148. The van der Waals surface area contributed by atoms with Crippen LogP contribution in [0, 0.1) is 0 Å². The molecular formula is C26H24ClN7O5S. The van der Waals surface area contributed by atoms with E-state index in [0.717, 1.165) is 0 Å². The Kier molecular flexibility index (Phi) is 7.67. The number of aromatic nitrogens is 6. The van der Waals surface area contributed by atoms with Gasteiger partial charge in [-0.15, -0.1) is 10.2 Å². The SMILES string of the molecule is CCOc1cccc(-c2nc3nnc(NS(=O)(=O)Cc4ccc(Cl)cn4)cc3n2-c2c(OC)cccc2OC)n1. The molecule has 14 heteroatoms. The number of methoxy groups -OCH3 is 2. The number of hydrogen-bond acceptors (Lipinski definition) is 10. The first-order valence-electron chi connectivity index (χ1n) is 12.0. The minimum Gasteiger partial charge on any atom is -0.494 e. The van der Waals surface area contributed by atoms with Gasteiger partial charge >= 0.3 is 0 Å². The number of anilines is 1. The summed E-state index contributed by atoms with van der Waals surface area (Å²) in [6, 6.07) is 15.3. The number of nitrogens with zero attached hydrogens (tertiary/aromatic N) is 6. The van der Waals surface area contributed by atoms with Gasteiger partial charge in [0.05, 0.1) is 37.1 Å². The van der Waals surface area contributed by atoms with Gasteiger partial charge in [0.25, 0.3) is 0 Å². The second kappa shape index (κ2) is 11.3. The zero-order valence-electron chi connectivity index (χ0n) is 21.7. The highest BCUT2D eigenvalue weighted by Crippen LogP contribution is 2.38. The van der Waals surface area contributed by atoms with E-state index >= 15 is 0 Å². The number of imidazole rings is 1. The van der Waals surface area contributed by atoms with Crippen molar-refractivity contribution < 1.29 is 22.6 Å². The van der Waals surface area contributed by atoms with E-state index in [4.69, 9.17) is 25.8 Å². The zero-order chi connectivity index (χ0) is 28.3. The molecule has 0 aliphatic carbocycles. The Balaban J connectivity index is 1.66. The van der Waals surface area contributed by atoms with Crippen LogP contribution in [0.15, 0.2) is 60.8 Å². The number of benzene rings is 1. The molecule has 0 unspecified atom stereocenters. The number of fused-ring (bicyclic) bond motifs is 1. The Labute approximate surface area is 235 Å². The van der Waals surface area contributed by atoms with Crippen LogP contribution in [0.25, 0.3) is 28.4 Å². The average Bonchev–Trinajstić information content (AvgIpc) is 3.32. The molecule has 206 valence electrons. The van der Waals surface area contributed by atoms with Crippen LogP contribution in [0.5, 0.6) is 17.4 Å². The van der Waals surface area contributed by atoms with Gasteiger partial charge < -0.3 is 14.2 Å². The lowest BCUT2D eigenvalue weighted by Crippen LogP contribution is -2.17. The molecule has 0 atom stereocenters. The van der Waals surface area contributed by atoms with Crippen molar-refractivity contribution in [1.29, 1.82) is 0 Å². The van der Waals surface area contributed by atoms with Crippen LogP contribution in [-0.2, 0) is 15.8 Å². The van der Waals surface area contributed by atoms with E-state index in [1.165, 1.54) is 32.5 Å². The number of hydrogen-bond donors (Lipinski definition) is 1. The molecule has 0 amide bonds. The third-order valence-electron chi connectivity index (χ3n) is 5.68. The van der Waals surface area contributed by atoms with Gasteiger partial charge in [0, 0.05) is 18.3 Å². The molecule has 0 fully saturated rings. The van der Waals surface area contributed by atoms with Crippen LogP contribution >= 0.6 is 11.6 Å². The maximum atomic E-state index is 12.9. The van der Waals surface area contributed by atoms with Crippen LogP contribution in [-0.4, -0.2) is 59.0 Å². The van der Waals surface area contributed by atoms with Crippen molar-refractivity contribution in [2.75, 3.05) is 25.5 Å². The Morgan fingerprint density at radius 1 is 0.975 bits per heavy atom. The Morgan fingerprint density at radius 2 is 1.73 bits per heavy atom. The molecule has 12 nitrogen and oxygen atoms in total. The first-order chi connectivity index (χ1) is 19.3. The topological polar surface area (TPSA) is 143 Å². The van der Waals surface area contributed by atoms with E-state index in [2.05, 4.69) is 29.9 Å². The van der Waals surface area contributed by atoms with E-state index in [-0.39, 0.29) is 17.2 Å². The second-order valence-corrected chi connectivity index (χ2v) is 10.5.